The third-order valence-electron chi connectivity index (χ3n) is 1.46. The van der Waals surface area contributed by atoms with Gasteiger partial charge in [0.15, 0.2) is 5.60 Å². The Kier molecular flexibility index (Phi) is 2.94. The van der Waals surface area contributed by atoms with Crippen molar-refractivity contribution < 1.29 is 4.74 Å². The molecule has 1 aromatic carbocycles. The zero-order chi connectivity index (χ0) is 9.90. The lowest BCUT2D eigenvalue weighted by molar-refractivity contribution is 0.170. The van der Waals surface area contributed by atoms with Gasteiger partial charge in [0.1, 0.15) is 11.8 Å². The maximum atomic E-state index is 8.73. The molecule has 0 aliphatic carbocycles. The summed E-state index contributed by atoms with van der Waals surface area (Å²) in [5.74, 6) is 0.703. The van der Waals surface area contributed by atoms with Crippen LogP contribution in [0.5, 0.6) is 5.75 Å². The molecule has 0 fully saturated rings. The van der Waals surface area contributed by atoms with Crippen LogP contribution in [0.2, 0.25) is 0 Å². The van der Waals surface area contributed by atoms with Gasteiger partial charge in [-0.05, 0) is 38.1 Å². The summed E-state index contributed by atoms with van der Waals surface area (Å²) in [5.41, 5.74) is -0.770. The summed E-state index contributed by atoms with van der Waals surface area (Å²) >= 11 is 3.32. The average Bonchev–Trinajstić information content (AvgIpc) is 2.09. The van der Waals surface area contributed by atoms with Crippen molar-refractivity contribution in [3.8, 4) is 11.8 Å². The first-order chi connectivity index (χ1) is 6.03. The second-order valence-corrected chi connectivity index (χ2v) is 4.09. The van der Waals surface area contributed by atoms with E-state index in [0.29, 0.717) is 5.75 Å². The van der Waals surface area contributed by atoms with Gasteiger partial charge in [0.2, 0.25) is 0 Å². The first kappa shape index (κ1) is 10.1. The number of halogens is 1. The number of nitrogens with zero attached hydrogens (tertiary/aromatic N) is 1. The van der Waals surface area contributed by atoms with Crippen molar-refractivity contribution in [1.29, 1.82) is 5.26 Å². The number of rotatable bonds is 2. The third-order valence-corrected chi connectivity index (χ3v) is 1.98. The Morgan fingerprint density at radius 3 is 2.31 bits per heavy atom. The molecule has 0 heterocycles. The summed E-state index contributed by atoms with van der Waals surface area (Å²) in [6.45, 7) is 3.46. The highest BCUT2D eigenvalue weighted by molar-refractivity contribution is 9.10. The van der Waals surface area contributed by atoms with Gasteiger partial charge in [-0.3, -0.25) is 0 Å². The van der Waals surface area contributed by atoms with E-state index in [2.05, 4.69) is 22.0 Å². The van der Waals surface area contributed by atoms with E-state index in [1.165, 1.54) is 0 Å². The molecular weight excluding hydrogens is 230 g/mol. The van der Waals surface area contributed by atoms with Crippen molar-refractivity contribution >= 4 is 15.9 Å². The minimum Gasteiger partial charge on any atom is -0.473 e. The summed E-state index contributed by atoms with van der Waals surface area (Å²) < 4.78 is 6.42. The van der Waals surface area contributed by atoms with Crippen molar-refractivity contribution in [2.75, 3.05) is 0 Å². The highest BCUT2D eigenvalue weighted by atomic mass is 79.9. The zero-order valence-electron chi connectivity index (χ0n) is 7.54. The SMILES string of the molecule is CC(C)(C#N)Oc1ccc(Br)cc1. The van der Waals surface area contributed by atoms with E-state index >= 15 is 0 Å². The van der Waals surface area contributed by atoms with Crippen LogP contribution in [0, 0.1) is 11.3 Å². The molecule has 1 rings (SSSR count). The number of hydrogen-bond donors (Lipinski definition) is 0. The normalized spacial score (nSPS) is 10.6. The lowest BCUT2D eigenvalue weighted by Crippen LogP contribution is -2.25. The van der Waals surface area contributed by atoms with E-state index < -0.39 is 5.60 Å². The van der Waals surface area contributed by atoms with Gasteiger partial charge < -0.3 is 4.74 Å². The molecule has 1 aromatic rings. The molecule has 0 N–H and O–H groups in total. The predicted octanol–water partition coefficient (Wildman–Crippen LogP) is 3.13. The van der Waals surface area contributed by atoms with E-state index in [0.717, 1.165) is 4.47 Å². The van der Waals surface area contributed by atoms with Crippen LogP contribution in [0.1, 0.15) is 13.8 Å². The monoisotopic (exact) mass is 239 g/mol. The topological polar surface area (TPSA) is 33.0 Å². The minimum atomic E-state index is -0.770. The zero-order valence-corrected chi connectivity index (χ0v) is 9.13. The van der Waals surface area contributed by atoms with Crippen LogP contribution >= 0.6 is 15.9 Å². The largest absolute Gasteiger partial charge is 0.473 e. The molecule has 68 valence electrons. The molecule has 3 heteroatoms. The van der Waals surface area contributed by atoms with E-state index in [1.54, 1.807) is 13.8 Å². The fourth-order valence-corrected chi connectivity index (χ4v) is 1.08. The van der Waals surface area contributed by atoms with Gasteiger partial charge in [0.05, 0.1) is 0 Å². The quantitative estimate of drug-likeness (QED) is 0.795. The summed E-state index contributed by atoms with van der Waals surface area (Å²) in [7, 11) is 0. The number of benzene rings is 1. The Balaban J connectivity index is 2.77. The smallest absolute Gasteiger partial charge is 0.188 e. The molecule has 0 radical (unpaired) electrons. The molecule has 2 nitrogen and oxygen atoms in total. The fraction of sp³-hybridized carbons (Fsp3) is 0.300. The molecule has 0 aliphatic rings. The molecule has 0 atom stereocenters. The summed E-state index contributed by atoms with van der Waals surface area (Å²) in [6, 6.07) is 9.47. The van der Waals surface area contributed by atoms with Crippen LogP contribution in [0.15, 0.2) is 28.7 Å². The molecule has 0 bridgehead atoms. The number of nitriles is 1. The standard InChI is InChI=1S/C10H10BrNO/c1-10(2,7-12)13-9-5-3-8(11)4-6-9/h3-6H,1-2H3. The fourth-order valence-electron chi connectivity index (χ4n) is 0.820. The Bertz CT molecular complexity index is 324. The Labute approximate surface area is 86.3 Å². The van der Waals surface area contributed by atoms with Crippen molar-refractivity contribution in [1.82, 2.24) is 0 Å². The molecule has 0 amide bonds. The van der Waals surface area contributed by atoms with Gasteiger partial charge in [-0.25, -0.2) is 0 Å². The molecule has 13 heavy (non-hydrogen) atoms. The van der Waals surface area contributed by atoms with Crippen LogP contribution in [0.25, 0.3) is 0 Å². The molecule has 0 unspecified atom stereocenters. The van der Waals surface area contributed by atoms with Crippen molar-refractivity contribution in [2.45, 2.75) is 19.4 Å². The summed E-state index contributed by atoms with van der Waals surface area (Å²) in [6.07, 6.45) is 0. The Hall–Kier alpha value is -1.01. The highest BCUT2D eigenvalue weighted by Crippen LogP contribution is 2.20. The highest BCUT2D eigenvalue weighted by Gasteiger charge is 2.17. The molecule has 0 saturated carbocycles. The van der Waals surface area contributed by atoms with Crippen LogP contribution in [-0.2, 0) is 0 Å². The molecular formula is C10H10BrNO. The maximum absolute atomic E-state index is 8.73. The van der Waals surface area contributed by atoms with E-state index in [9.17, 15) is 0 Å². The van der Waals surface area contributed by atoms with E-state index in [-0.39, 0.29) is 0 Å². The predicted molar refractivity (Wildman–Crippen MR) is 54.5 cm³/mol. The van der Waals surface area contributed by atoms with Gasteiger partial charge in [-0.1, -0.05) is 15.9 Å². The summed E-state index contributed by atoms with van der Waals surface area (Å²) in [5, 5.41) is 8.73. The molecule has 0 aliphatic heterocycles. The van der Waals surface area contributed by atoms with Crippen molar-refractivity contribution in [2.24, 2.45) is 0 Å². The van der Waals surface area contributed by atoms with Crippen LogP contribution in [-0.4, -0.2) is 5.60 Å². The van der Waals surface area contributed by atoms with Gasteiger partial charge in [0, 0.05) is 4.47 Å². The lowest BCUT2D eigenvalue weighted by Gasteiger charge is -2.17. The van der Waals surface area contributed by atoms with Gasteiger partial charge in [0.25, 0.3) is 0 Å². The molecule has 0 spiro atoms. The second-order valence-electron chi connectivity index (χ2n) is 3.18. The number of hydrogen-bond acceptors (Lipinski definition) is 2. The first-order valence-corrected chi connectivity index (χ1v) is 4.69. The Morgan fingerprint density at radius 2 is 1.85 bits per heavy atom. The molecule has 0 aromatic heterocycles. The van der Waals surface area contributed by atoms with Gasteiger partial charge in [-0.15, -0.1) is 0 Å². The first-order valence-electron chi connectivity index (χ1n) is 3.89. The van der Waals surface area contributed by atoms with E-state index in [4.69, 9.17) is 10.00 Å². The maximum Gasteiger partial charge on any atom is 0.188 e. The van der Waals surface area contributed by atoms with Gasteiger partial charge in [-0.2, -0.15) is 5.26 Å². The minimum absolute atomic E-state index is 0.703. The lowest BCUT2D eigenvalue weighted by atomic mass is 10.2. The van der Waals surface area contributed by atoms with E-state index in [1.807, 2.05) is 24.3 Å². The number of ether oxygens (including phenoxy) is 1. The van der Waals surface area contributed by atoms with Crippen LogP contribution in [0.4, 0.5) is 0 Å². The molecule has 0 saturated heterocycles. The summed E-state index contributed by atoms with van der Waals surface area (Å²) in [4.78, 5) is 0. The second kappa shape index (κ2) is 3.80. The van der Waals surface area contributed by atoms with Gasteiger partial charge >= 0.3 is 0 Å². The Morgan fingerprint density at radius 1 is 1.31 bits per heavy atom. The third kappa shape index (κ3) is 3.08. The van der Waals surface area contributed by atoms with Crippen molar-refractivity contribution in [3.63, 3.8) is 0 Å². The van der Waals surface area contributed by atoms with Crippen molar-refractivity contribution in [3.05, 3.63) is 28.7 Å². The average molecular weight is 240 g/mol. The van der Waals surface area contributed by atoms with Crippen LogP contribution in [0.3, 0.4) is 0 Å². The van der Waals surface area contributed by atoms with Crippen LogP contribution < -0.4 is 4.74 Å².